The van der Waals surface area contributed by atoms with Crippen LogP contribution in [-0.2, 0) is 0 Å². The number of rotatable bonds is 7. The Labute approximate surface area is 204 Å². The second-order valence-electron chi connectivity index (χ2n) is 7.09. The Hall–Kier alpha value is -3.85. The van der Waals surface area contributed by atoms with E-state index < -0.39 is 11.9 Å². The van der Waals surface area contributed by atoms with E-state index in [1.165, 1.54) is 6.21 Å². The van der Waals surface area contributed by atoms with Gasteiger partial charge in [-0.15, -0.1) is 0 Å². The Balaban J connectivity index is 1.42. The summed E-state index contributed by atoms with van der Waals surface area (Å²) in [6.07, 6.45) is 1.47. The highest BCUT2D eigenvalue weighted by Crippen LogP contribution is 2.31. The SMILES string of the molecule is CCOc1cc(/C=N\NC(=O)c2ccc3c(c2)OCCO3)ccc1OC(=O)c1ccc(Br)cc1. The highest BCUT2D eigenvalue weighted by atomic mass is 79.9. The monoisotopic (exact) mass is 524 g/mol. The van der Waals surface area contributed by atoms with Crippen LogP contribution in [0.15, 0.2) is 70.2 Å². The van der Waals surface area contributed by atoms with Gasteiger partial charge in [-0.3, -0.25) is 4.79 Å². The molecule has 34 heavy (non-hydrogen) atoms. The Morgan fingerprint density at radius 3 is 2.47 bits per heavy atom. The third kappa shape index (κ3) is 5.74. The largest absolute Gasteiger partial charge is 0.490 e. The van der Waals surface area contributed by atoms with E-state index in [2.05, 4.69) is 26.5 Å². The highest BCUT2D eigenvalue weighted by molar-refractivity contribution is 9.10. The summed E-state index contributed by atoms with van der Waals surface area (Å²) in [6.45, 7) is 3.13. The van der Waals surface area contributed by atoms with Gasteiger partial charge in [0.15, 0.2) is 23.0 Å². The lowest BCUT2D eigenvalue weighted by atomic mass is 10.2. The molecule has 4 rings (SSSR count). The molecule has 0 atom stereocenters. The average Bonchev–Trinajstić information content (AvgIpc) is 2.85. The van der Waals surface area contributed by atoms with Crippen LogP contribution in [0.5, 0.6) is 23.0 Å². The molecular formula is C25H21BrN2O6. The Morgan fingerprint density at radius 2 is 1.71 bits per heavy atom. The number of fused-ring (bicyclic) bond motifs is 1. The molecular weight excluding hydrogens is 504 g/mol. The predicted molar refractivity (Wildman–Crippen MR) is 129 cm³/mol. The van der Waals surface area contributed by atoms with Gasteiger partial charge in [-0.25, -0.2) is 10.2 Å². The van der Waals surface area contributed by atoms with Gasteiger partial charge < -0.3 is 18.9 Å². The number of benzene rings is 3. The molecule has 0 radical (unpaired) electrons. The number of ether oxygens (including phenoxy) is 4. The van der Waals surface area contributed by atoms with E-state index in [-0.39, 0.29) is 5.75 Å². The van der Waals surface area contributed by atoms with E-state index in [1.807, 2.05) is 6.92 Å². The number of hydrogen-bond acceptors (Lipinski definition) is 7. The smallest absolute Gasteiger partial charge is 0.343 e. The van der Waals surface area contributed by atoms with Gasteiger partial charge >= 0.3 is 5.97 Å². The average molecular weight is 525 g/mol. The zero-order chi connectivity index (χ0) is 23.9. The third-order valence-corrected chi connectivity index (χ3v) is 5.26. The van der Waals surface area contributed by atoms with E-state index in [4.69, 9.17) is 18.9 Å². The molecule has 0 bridgehead atoms. The fourth-order valence-corrected chi connectivity index (χ4v) is 3.38. The van der Waals surface area contributed by atoms with Gasteiger partial charge in [-0.05, 0) is 73.2 Å². The normalized spacial score (nSPS) is 12.3. The molecule has 0 spiro atoms. The molecule has 3 aromatic carbocycles. The number of carbonyl (C=O) groups excluding carboxylic acids is 2. The molecule has 0 aromatic heterocycles. The lowest BCUT2D eigenvalue weighted by Gasteiger charge is -2.18. The first-order valence-electron chi connectivity index (χ1n) is 10.5. The van der Waals surface area contributed by atoms with Crippen LogP contribution in [-0.4, -0.2) is 37.9 Å². The molecule has 0 unspecified atom stereocenters. The highest BCUT2D eigenvalue weighted by Gasteiger charge is 2.15. The zero-order valence-electron chi connectivity index (χ0n) is 18.2. The van der Waals surface area contributed by atoms with Crippen molar-refractivity contribution in [1.29, 1.82) is 0 Å². The minimum atomic E-state index is -0.499. The lowest BCUT2D eigenvalue weighted by Crippen LogP contribution is -2.19. The van der Waals surface area contributed by atoms with E-state index in [9.17, 15) is 9.59 Å². The molecule has 3 aromatic rings. The maximum Gasteiger partial charge on any atom is 0.343 e. The predicted octanol–water partition coefficient (Wildman–Crippen LogP) is 4.60. The van der Waals surface area contributed by atoms with Crippen LogP contribution < -0.4 is 24.4 Å². The second kappa shape index (κ2) is 10.8. The number of halogens is 1. The van der Waals surface area contributed by atoms with E-state index in [1.54, 1.807) is 60.7 Å². The van der Waals surface area contributed by atoms with Crippen molar-refractivity contribution in [2.45, 2.75) is 6.92 Å². The van der Waals surface area contributed by atoms with Crippen molar-refractivity contribution in [3.63, 3.8) is 0 Å². The van der Waals surface area contributed by atoms with Crippen molar-refractivity contribution in [3.05, 3.63) is 81.8 Å². The van der Waals surface area contributed by atoms with Crippen molar-refractivity contribution in [1.82, 2.24) is 5.43 Å². The summed E-state index contributed by atoms with van der Waals surface area (Å²) in [5.41, 5.74) is 3.94. The van der Waals surface area contributed by atoms with Crippen LogP contribution in [0.1, 0.15) is 33.2 Å². The lowest BCUT2D eigenvalue weighted by molar-refractivity contribution is 0.0728. The number of esters is 1. The molecule has 8 nitrogen and oxygen atoms in total. The van der Waals surface area contributed by atoms with Gasteiger partial charge in [0.2, 0.25) is 0 Å². The topological polar surface area (TPSA) is 95.5 Å². The summed E-state index contributed by atoms with van der Waals surface area (Å²) < 4.78 is 23.0. The number of hydrazone groups is 1. The standard InChI is InChI=1S/C25H21BrN2O6/c1-2-31-22-13-16(3-9-21(22)34-25(30)17-4-7-19(26)8-5-17)15-27-28-24(29)18-6-10-20-23(14-18)33-12-11-32-20/h3-10,13-15H,2,11-12H2,1H3,(H,28,29)/b27-15-. The van der Waals surface area contributed by atoms with Crippen LogP contribution in [0.2, 0.25) is 0 Å². The van der Waals surface area contributed by atoms with Gasteiger partial charge in [0, 0.05) is 10.0 Å². The summed E-state index contributed by atoms with van der Waals surface area (Å²) in [7, 11) is 0. The van der Waals surface area contributed by atoms with Crippen molar-refractivity contribution < 1.29 is 28.5 Å². The first-order chi connectivity index (χ1) is 16.5. The van der Waals surface area contributed by atoms with E-state index in [0.29, 0.717) is 53.8 Å². The molecule has 0 saturated carbocycles. The first kappa shape index (κ1) is 23.3. The van der Waals surface area contributed by atoms with Crippen molar-refractivity contribution >= 4 is 34.0 Å². The summed E-state index contributed by atoms with van der Waals surface area (Å²) >= 11 is 3.34. The maximum atomic E-state index is 12.5. The Bertz CT molecular complexity index is 1230. The molecule has 9 heteroatoms. The van der Waals surface area contributed by atoms with E-state index in [0.717, 1.165) is 4.47 Å². The molecule has 0 aliphatic carbocycles. The van der Waals surface area contributed by atoms with Gasteiger partial charge in [0.05, 0.1) is 18.4 Å². The Kier molecular flexibility index (Phi) is 7.44. The minimum Gasteiger partial charge on any atom is -0.490 e. The van der Waals surface area contributed by atoms with Gasteiger partial charge in [-0.2, -0.15) is 5.10 Å². The van der Waals surface area contributed by atoms with Crippen molar-refractivity contribution in [2.24, 2.45) is 5.10 Å². The summed E-state index contributed by atoms with van der Waals surface area (Å²) in [5, 5.41) is 4.01. The van der Waals surface area contributed by atoms with Crippen LogP contribution in [0, 0.1) is 0 Å². The Morgan fingerprint density at radius 1 is 0.971 bits per heavy atom. The van der Waals surface area contributed by atoms with Crippen LogP contribution >= 0.6 is 15.9 Å². The number of hydrogen-bond donors (Lipinski definition) is 1. The molecule has 174 valence electrons. The molecule has 1 N–H and O–H groups in total. The molecule has 1 aliphatic heterocycles. The van der Waals surface area contributed by atoms with Crippen LogP contribution in [0.25, 0.3) is 0 Å². The second-order valence-corrected chi connectivity index (χ2v) is 8.01. The molecule has 1 heterocycles. The summed E-state index contributed by atoms with van der Waals surface area (Å²) in [5.74, 6) is 0.912. The minimum absolute atomic E-state index is 0.284. The number of nitrogens with one attached hydrogen (secondary N) is 1. The third-order valence-electron chi connectivity index (χ3n) is 4.73. The van der Waals surface area contributed by atoms with Crippen molar-refractivity contribution in [2.75, 3.05) is 19.8 Å². The summed E-state index contributed by atoms with van der Waals surface area (Å²) in [6, 6.07) is 16.8. The first-order valence-corrected chi connectivity index (χ1v) is 11.3. The summed E-state index contributed by atoms with van der Waals surface area (Å²) in [4.78, 5) is 24.9. The van der Waals surface area contributed by atoms with Crippen LogP contribution in [0.4, 0.5) is 0 Å². The molecule has 1 aliphatic rings. The molecule has 1 amide bonds. The quantitative estimate of drug-likeness (QED) is 0.210. The van der Waals surface area contributed by atoms with Crippen LogP contribution in [0.3, 0.4) is 0 Å². The fraction of sp³-hybridized carbons (Fsp3) is 0.160. The fourth-order valence-electron chi connectivity index (χ4n) is 3.12. The number of amides is 1. The van der Waals surface area contributed by atoms with E-state index >= 15 is 0 Å². The number of carbonyl (C=O) groups is 2. The molecule has 0 saturated heterocycles. The van der Waals surface area contributed by atoms with Crippen molar-refractivity contribution in [3.8, 4) is 23.0 Å². The maximum absolute atomic E-state index is 12.5. The van der Waals surface area contributed by atoms with Gasteiger partial charge in [-0.1, -0.05) is 15.9 Å². The molecule has 0 fully saturated rings. The number of nitrogens with zero attached hydrogens (tertiary/aromatic N) is 1. The van der Waals surface area contributed by atoms with Gasteiger partial charge in [0.25, 0.3) is 5.91 Å². The van der Waals surface area contributed by atoms with Gasteiger partial charge in [0.1, 0.15) is 13.2 Å². The zero-order valence-corrected chi connectivity index (χ0v) is 19.8.